The monoisotopic (exact) mass is 473 g/mol. The van der Waals surface area contributed by atoms with E-state index in [1.807, 2.05) is 65.7 Å². The van der Waals surface area contributed by atoms with Gasteiger partial charge in [-0.3, -0.25) is 9.78 Å². The average molecular weight is 474 g/mol. The number of aromatic nitrogens is 2. The molecule has 2 heterocycles. The van der Waals surface area contributed by atoms with Crippen LogP contribution in [0.25, 0.3) is 22.3 Å². The van der Waals surface area contributed by atoms with Gasteiger partial charge in [0.05, 0.1) is 11.4 Å². The maximum absolute atomic E-state index is 13.5. The van der Waals surface area contributed by atoms with Crippen molar-refractivity contribution in [1.82, 2.24) is 14.9 Å². The molecule has 0 aliphatic heterocycles. The van der Waals surface area contributed by atoms with Crippen LogP contribution in [0.1, 0.15) is 35.1 Å². The number of nitrogens with one attached hydrogen (secondary N) is 1. The number of aromatic amines is 1. The zero-order valence-corrected chi connectivity index (χ0v) is 20.7. The summed E-state index contributed by atoms with van der Waals surface area (Å²) in [5, 5.41) is 1.22. The van der Waals surface area contributed by atoms with Gasteiger partial charge in [0.15, 0.2) is 0 Å². The number of nitrogens with zero attached hydrogens (tertiary/aromatic N) is 2. The van der Waals surface area contributed by atoms with Gasteiger partial charge in [-0.1, -0.05) is 78.4 Å². The van der Waals surface area contributed by atoms with E-state index in [0.717, 1.165) is 40.9 Å². The van der Waals surface area contributed by atoms with Gasteiger partial charge >= 0.3 is 0 Å². The van der Waals surface area contributed by atoms with E-state index in [-0.39, 0.29) is 5.91 Å². The molecule has 0 radical (unpaired) electrons. The molecule has 36 heavy (non-hydrogen) atoms. The Kier molecular flexibility index (Phi) is 7.23. The Balaban J connectivity index is 1.35. The highest BCUT2D eigenvalue weighted by Crippen LogP contribution is 2.31. The van der Waals surface area contributed by atoms with Crippen molar-refractivity contribution in [2.24, 2.45) is 0 Å². The second-order valence-corrected chi connectivity index (χ2v) is 9.32. The first kappa shape index (κ1) is 23.6. The van der Waals surface area contributed by atoms with E-state index in [1.54, 1.807) is 0 Å². The highest BCUT2D eigenvalue weighted by molar-refractivity contribution is 5.90. The Morgan fingerprint density at radius 3 is 2.14 bits per heavy atom. The molecular weight excluding hydrogens is 442 g/mol. The SMILES string of the molecule is Cc1ccc2[nH]c(-c3ccccn3)c(CCCC(=O)N(Cc3ccccc3)Cc3ccccc3)c2c1. The van der Waals surface area contributed by atoms with E-state index in [1.165, 1.54) is 16.5 Å². The lowest BCUT2D eigenvalue weighted by atomic mass is 10.0. The van der Waals surface area contributed by atoms with Crippen molar-refractivity contribution >= 4 is 16.8 Å². The number of fused-ring (bicyclic) bond motifs is 1. The molecule has 5 rings (SSSR count). The summed E-state index contributed by atoms with van der Waals surface area (Å²) in [6.07, 6.45) is 3.91. The number of hydrogen-bond donors (Lipinski definition) is 1. The minimum atomic E-state index is 0.179. The normalized spacial score (nSPS) is 11.0. The molecule has 4 heteroatoms. The lowest BCUT2D eigenvalue weighted by Crippen LogP contribution is -2.30. The third-order valence-electron chi connectivity index (χ3n) is 6.59. The van der Waals surface area contributed by atoms with Crippen molar-refractivity contribution in [3.63, 3.8) is 0 Å². The molecule has 0 aliphatic carbocycles. The molecule has 2 aromatic heterocycles. The van der Waals surface area contributed by atoms with Crippen LogP contribution in [0, 0.1) is 6.92 Å². The van der Waals surface area contributed by atoms with E-state index in [0.29, 0.717) is 19.5 Å². The highest BCUT2D eigenvalue weighted by Gasteiger charge is 2.18. The van der Waals surface area contributed by atoms with E-state index >= 15 is 0 Å². The van der Waals surface area contributed by atoms with Gasteiger partial charge in [0.2, 0.25) is 5.91 Å². The maximum Gasteiger partial charge on any atom is 0.223 e. The van der Waals surface area contributed by atoms with Crippen LogP contribution < -0.4 is 0 Å². The molecule has 180 valence electrons. The fourth-order valence-corrected chi connectivity index (χ4v) is 4.76. The summed E-state index contributed by atoms with van der Waals surface area (Å²) in [4.78, 5) is 23.6. The molecule has 0 spiro atoms. The van der Waals surface area contributed by atoms with Crippen LogP contribution in [0.3, 0.4) is 0 Å². The van der Waals surface area contributed by atoms with E-state index in [4.69, 9.17) is 0 Å². The molecule has 0 fully saturated rings. The molecule has 1 N–H and O–H groups in total. The molecule has 0 atom stereocenters. The standard InChI is InChI=1S/C32H31N3O/c1-24-18-19-29-28(21-24)27(32(34-29)30-16-8-9-20-33-30)15-10-17-31(36)35(22-25-11-4-2-5-12-25)23-26-13-6-3-7-14-26/h2-9,11-14,16,18-21,34H,10,15,17,22-23H2,1H3. The summed E-state index contributed by atoms with van der Waals surface area (Å²) in [5.74, 6) is 0.179. The zero-order valence-electron chi connectivity index (χ0n) is 20.7. The molecule has 4 nitrogen and oxygen atoms in total. The maximum atomic E-state index is 13.5. The van der Waals surface area contributed by atoms with Gasteiger partial charge in [-0.25, -0.2) is 0 Å². The Morgan fingerprint density at radius 1 is 0.833 bits per heavy atom. The predicted octanol–water partition coefficient (Wildman–Crippen LogP) is 7.09. The molecule has 3 aromatic carbocycles. The van der Waals surface area contributed by atoms with E-state index < -0.39 is 0 Å². The summed E-state index contributed by atoms with van der Waals surface area (Å²) in [7, 11) is 0. The topological polar surface area (TPSA) is 49.0 Å². The highest BCUT2D eigenvalue weighted by atomic mass is 16.2. The number of amides is 1. The van der Waals surface area contributed by atoms with Crippen LogP contribution in [0.4, 0.5) is 0 Å². The van der Waals surface area contributed by atoms with Crippen molar-refractivity contribution in [3.05, 3.63) is 126 Å². The number of hydrogen-bond acceptors (Lipinski definition) is 2. The van der Waals surface area contributed by atoms with Gasteiger partial charge in [-0.05, 0) is 60.7 Å². The van der Waals surface area contributed by atoms with E-state index in [9.17, 15) is 4.79 Å². The summed E-state index contributed by atoms with van der Waals surface area (Å²) < 4.78 is 0. The summed E-state index contributed by atoms with van der Waals surface area (Å²) in [6.45, 7) is 3.34. The van der Waals surface area contributed by atoms with Crippen LogP contribution in [-0.2, 0) is 24.3 Å². The first-order valence-electron chi connectivity index (χ1n) is 12.6. The minimum Gasteiger partial charge on any atom is -0.353 e. The minimum absolute atomic E-state index is 0.179. The van der Waals surface area contributed by atoms with Gasteiger partial charge in [0, 0.05) is 36.6 Å². The number of aryl methyl sites for hydroxylation is 2. The van der Waals surface area contributed by atoms with Gasteiger partial charge in [0.1, 0.15) is 0 Å². The van der Waals surface area contributed by atoms with Crippen molar-refractivity contribution in [2.75, 3.05) is 0 Å². The Hall–Kier alpha value is -4.18. The third kappa shape index (κ3) is 5.55. The number of rotatable bonds is 9. The molecule has 0 unspecified atom stereocenters. The van der Waals surface area contributed by atoms with Crippen molar-refractivity contribution in [3.8, 4) is 11.4 Å². The molecule has 0 saturated carbocycles. The van der Waals surface area contributed by atoms with E-state index in [2.05, 4.69) is 59.4 Å². The van der Waals surface area contributed by atoms with Gasteiger partial charge in [-0.2, -0.15) is 0 Å². The number of H-pyrrole nitrogens is 1. The quantitative estimate of drug-likeness (QED) is 0.248. The van der Waals surface area contributed by atoms with Crippen molar-refractivity contribution < 1.29 is 4.79 Å². The number of carbonyl (C=O) groups is 1. The van der Waals surface area contributed by atoms with Gasteiger partial charge in [0.25, 0.3) is 0 Å². The average Bonchev–Trinajstić information content (AvgIpc) is 3.27. The summed E-state index contributed by atoms with van der Waals surface area (Å²) in [6, 6.07) is 32.9. The smallest absolute Gasteiger partial charge is 0.223 e. The third-order valence-corrected chi connectivity index (χ3v) is 6.59. The first-order chi connectivity index (χ1) is 17.7. The second kappa shape index (κ2) is 11.0. The van der Waals surface area contributed by atoms with Crippen LogP contribution in [0.2, 0.25) is 0 Å². The zero-order chi connectivity index (χ0) is 24.7. The van der Waals surface area contributed by atoms with Gasteiger partial charge in [-0.15, -0.1) is 0 Å². The predicted molar refractivity (Wildman–Crippen MR) is 146 cm³/mol. The Bertz CT molecular complexity index is 1380. The molecule has 0 saturated heterocycles. The Morgan fingerprint density at radius 2 is 1.50 bits per heavy atom. The number of carbonyl (C=O) groups excluding carboxylic acids is 1. The molecule has 1 amide bonds. The van der Waals surface area contributed by atoms with Crippen molar-refractivity contribution in [2.45, 2.75) is 39.3 Å². The molecule has 0 aliphatic rings. The van der Waals surface area contributed by atoms with Crippen LogP contribution >= 0.6 is 0 Å². The van der Waals surface area contributed by atoms with Crippen LogP contribution in [-0.4, -0.2) is 20.8 Å². The summed E-state index contributed by atoms with van der Waals surface area (Å²) >= 11 is 0. The first-order valence-corrected chi connectivity index (χ1v) is 12.6. The fraction of sp³-hybridized carbons (Fsp3) is 0.188. The number of pyridine rings is 1. The lowest BCUT2D eigenvalue weighted by molar-refractivity contribution is -0.132. The van der Waals surface area contributed by atoms with Gasteiger partial charge < -0.3 is 9.88 Å². The summed E-state index contributed by atoms with van der Waals surface area (Å²) in [5.41, 5.74) is 7.84. The molecule has 0 bridgehead atoms. The van der Waals surface area contributed by atoms with Crippen LogP contribution in [0.5, 0.6) is 0 Å². The molecular formula is C32H31N3O. The van der Waals surface area contributed by atoms with Crippen molar-refractivity contribution in [1.29, 1.82) is 0 Å². The second-order valence-electron chi connectivity index (χ2n) is 9.32. The lowest BCUT2D eigenvalue weighted by Gasteiger charge is -2.23. The largest absolute Gasteiger partial charge is 0.353 e. The molecule has 5 aromatic rings. The number of benzene rings is 3. The Labute approximate surface area is 212 Å². The fourth-order valence-electron chi connectivity index (χ4n) is 4.76. The van der Waals surface area contributed by atoms with Crippen LogP contribution in [0.15, 0.2) is 103 Å².